The summed E-state index contributed by atoms with van der Waals surface area (Å²) in [7, 11) is 0. The molecule has 2 rings (SSSR count). The van der Waals surface area contributed by atoms with Gasteiger partial charge in [0, 0.05) is 11.3 Å². The van der Waals surface area contributed by atoms with Gasteiger partial charge in [-0.1, -0.05) is 36.4 Å². The Morgan fingerprint density at radius 3 is 2.50 bits per heavy atom. The number of nitrogens with one attached hydrogen (secondary N) is 1. The quantitative estimate of drug-likeness (QED) is 0.859. The normalized spacial score (nSPS) is 11.8. The van der Waals surface area contributed by atoms with E-state index in [0.29, 0.717) is 11.3 Å². The van der Waals surface area contributed by atoms with Crippen molar-refractivity contribution in [3.05, 3.63) is 58.3 Å². The fraction of sp³-hybridized carbons (Fsp3) is 0.200. The Bertz CT molecular complexity index is 566. The molecule has 104 valence electrons. The smallest absolute Gasteiger partial charge is 0.331 e. The van der Waals surface area contributed by atoms with Crippen LogP contribution in [-0.2, 0) is 16.0 Å². The molecule has 1 aromatic carbocycles. The molecule has 0 saturated carbocycles. The van der Waals surface area contributed by atoms with Crippen LogP contribution in [0.4, 0.5) is 0 Å². The number of hydrogen-bond donors (Lipinski definition) is 2. The zero-order valence-electron chi connectivity index (χ0n) is 10.8. The first kappa shape index (κ1) is 14.3. The van der Waals surface area contributed by atoms with Gasteiger partial charge in [-0.2, -0.15) is 0 Å². The standard InChI is InChI=1S/C15H15NO3S/c17-13(9-8-11-5-2-1-3-6-11)16-14(15(18)19)12-7-4-10-20-12/h1-7,10,14H,8-9H2,(H,16,17)(H,18,19). The van der Waals surface area contributed by atoms with E-state index in [4.69, 9.17) is 0 Å². The first-order chi connectivity index (χ1) is 9.66. The van der Waals surface area contributed by atoms with Crippen LogP contribution in [0.3, 0.4) is 0 Å². The van der Waals surface area contributed by atoms with Gasteiger partial charge in [-0.15, -0.1) is 11.3 Å². The van der Waals surface area contributed by atoms with E-state index in [1.165, 1.54) is 11.3 Å². The van der Waals surface area contributed by atoms with Crippen LogP contribution in [0.2, 0.25) is 0 Å². The second-order valence-electron chi connectivity index (χ2n) is 4.34. The molecule has 0 fully saturated rings. The van der Waals surface area contributed by atoms with Gasteiger partial charge < -0.3 is 10.4 Å². The van der Waals surface area contributed by atoms with E-state index in [2.05, 4.69) is 5.32 Å². The lowest BCUT2D eigenvalue weighted by Crippen LogP contribution is -2.33. The number of hydrogen-bond acceptors (Lipinski definition) is 3. The average molecular weight is 289 g/mol. The molecule has 1 aromatic heterocycles. The Hall–Kier alpha value is -2.14. The number of benzene rings is 1. The third-order valence-electron chi connectivity index (χ3n) is 2.86. The molecule has 5 heteroatoms. The van der Waals surface area contributed by atoms with Crippen LogP contribution in [0.1, 0.15) is 22.9 Å². The summed E-state index contributed by atoms with van der Waals surface area (Å²) in [5.74, 6) is -1.30. The molecule has 1 unspecified atom stereocenters. The summed E-state index contributed by atoms with van der Waals surface area (Å²) in [6.07, 6.45) is 0.878. The number of aryl methyl sites for hydroxylation is 1. The number of carbonyl (C=O) groups excluding carboxylic acids is 1. The molecule has 0 bridgehead atoms. The number of carboxylic acids is 1. The Morgan fingerprint density at radius 1 is 1.15 bits per heavy atom. The molecule has 1 heterocycles. The molecule has 0 spiro atoms. The number of thiophene rings is 1. The second-order valence-corrected chi connectivity index (χ2v) is 5.32. The number of carbonyl (C=O) groups is 2. The monoisotopic (exact) mass is 289 g/mol. The fourth-order valence-corrected chi connectivity index (χ4v) is 2.61. The topological polar surface area (TPSA) is 66.4 Å². The molecule has 4 nitrogen and oxygen atoms in total. The predicted octanol–water partition coefficient (Wildman–Crippen LogP) is 2.62. The van der Waals surface area contributed by atoms with Gasteiger partial charge in [-0.05, 0) is 23.4 Å². The molecule has 0 aliphatic heterocycles. The lowest BCUT2D eigenvalue weighted by Gasteiger charge is -2.12. The van der Waals surface area contributed by atoms with Crippen LogP contribution in [0.5, 0.6) is 0 Å². The summed E-state index contributed by atoms with van der Waals surface area (Å²) >= 11 is 1.32. The van der Waals surface area contributed by atoms with Crippen molar-refractivity contribution in [3.8, 4) is 0 Å². The average Bonchev–Trinajstić information content (AvgIpc) is 2.97. The van der Waals surface area contributed by atoms with E-state index < -0.39 is 12.0 Å². The third-order valence-corrected chi connectivity index (χ3v) is 3.80. The first-order valence-corrected chi connectivity index (χ1v) is 7.14. The van der Waals surface area contributed by atoms with E-state index in [1.807, 2.05) is 30.3 Å². The van der Waals surface area contributed by atoms with Gasteiger partial charge in [0.05, 0.1) is 0 Å². The summed E-state index contributed by atoms with van der Waals surface area (Å²) < 4.78 is 0. The lowest BCUT2D eigenvalue weighted by atomic mass is 10.1. The third kappa shape index (κ3) is 3.93. The van der Waals surface area contributed by atoms with E-state index >= 15 is 0 Å². The highest BCUT2D eigenvalue weighted by atomic mass is 32.1. The van der Waals surface area contributed by atoms with Crippen molar-refractivity contribution in [2.45, 2.75) is 18.9 Å². The van der Waals surface area contributed by atoms with Crippen molar-refractivity contribution in [3.63, 3.8) is 0 Å². The first-order valence-electron chi connectivity index (χ1n) is 6.26. The van der Waals surface area contributed by atoms with E-state index in [-0.39, 0.29) is 12.3 Å². The van der Waals surface area contributed by atoms with Crippen LogP contribution in [-0.4, -0.2) is 17.0 Å². The molecule has 1 atom stereocenters. The lowest BCUT2D eigenvalue weighted by molar-refractivity contribution is -0.141. The maximum absolute atomic E-state index is 11.9. The van der Waals surface area contributed by atoms with E-state index in [1.54, 1.807) is 17.5 Å². The van der Waals surface area contributed by atoms with Crippen LogP contribution >= 0.6 is 11.3 Å². The van der Waals surface area contributed by atoms with Gasteiger partial charge in [-0.3, -0.25) is 4.79 Å². The van der Waals surface area contributed by atoms with Gasteiger partial charge in [0.15, 0.2) is 6.04 Å². The van der Waals surface area contributed by atoms with Gasteiger partial charge in [0.25, 0.3) is 0 Å². The molecule has 0 radical (unpaired) electrons. The number of rotatable bonds is 6. The SMILES string of the molecule is O=C(CCc1ccccc1)NC(C(=O)O)c1cccs1. The van der Waals surface area contributed by atoms with Gasteiger partial charge in [0.2, 0.25) is 5.91 Å². The highest BCUT2D eigenvalue weighted by Crippen LogP contribution is 2.19. The maximum atomic E-state index is 11.9. The minimum absolute atomic E-state index is 0.255. The Kier molecular flexibility index (Phi) is 4.90. The largest absolute Gasteiger partial charge is 0.479 e. The van der Waals surface area contributed by atoms with Crippen LogP contribution in [0.15, 0.2) is 47.8 Å². The van der Waals surface area contributed by atoms with Gasteiger partial charge in [0.1, 0.15) is 0 Å². The molecular weight excluding hydrogens is 274 g/mol. The van der Waals surface area contributed by atoms with Crippen LogP contribution < -0.4 is 5.32 Å². The highest BCUT2D eigenvalue weighted by Gasteiger charge is 2.22. The minimum Gasteiger partial charge on any atom is -0.479 e. The van der Waals surface area contributed by atoms with Gasteiger partial charge >= 0.3 is 5.97 Å². The van der Waals surface area contributed by atoms with Crippen molar-refractivity contribution >= 4 is 23.2 Å². The predicted molar refractivity (Wildman–Crippen MR) is 77.6 cm³/mol. The van der Waals surface area contributed by atoms with Crippen molar-refractivity contribution in [1.82, 2.24) is 5.32 Å². The van der Waals surface area contributed by atoms with E-state index in [0.717, 1.165) is 5.56 Å². The van der Waals surface area contributed by atoms with Crippen molar-refractivity contribution < 1.29 is 14.7 Å². The fourth-order valence-electron chi connectivity index (χ4n) is 1.85. The number of aliphatic carboxylic acids is 1. The summed E-state index contributed by atoms with van der Waals surface area (Å²) in [5, 5.41) is 13.5. The zero-order valence-corrected chi connectivity index (χ0v) is 11.6. The highest BCUT2D eigenvalue weighted by molar-refractivity contribution is 7.10. The van der Waals surface area contributed by atoms with Crippen molar-refractivity contribution in [2.75, 3.05) is 0 Å². The zero-order chi connectivity index (χ0) is 14.4. The van der Waals surface area contributed by atoms with E-state index in [9.17, 15) is 14.7 Å². The second kappa shape index (κ2) is 6.86. The molecule has 0 saturated heterocycles. The molecule has 1 amide bonds. The number of amides is 1. The molecule has 0 aliphatic rings. The molecule has 0 aliphatic carbocycles. The molecular formula is C15H15NO3S. The molecule has 2 N–H and O–H groups in total. The summed E-state index contributed by atoms with van der Waals surface area (Å²) in [6.45, 7) is 0. The van der Waals surface area contributed by atoms with Gasteiger partial charge in [-0.25, -0.2) is 4.79 Å². The Labute approximate surface area is 121 Å². The summed E-state index contributed by atoms with van der Waals surface area (Å²) in [6, 6.07) is 12.2. The molecule has 2 aromatic rings. The summed E-state index contributed by atoms with van der Waals surface area (Å²) in [4.78, 5) is 23.7. The summed E-state index contributed by atoms with van der Waals surface area (Å²) in [5.41, 5.74) is 1.06. The van der Waals surface area contributed by atoms with Crippen molar-refractivity contribution in [2.24, 2.45) is 0 Å². The maximum Gasteiger partial charge on any atom is 0.331 e. The number of carboxylic acid groups (broad SMARTS) is 1. The minimum atomic E-state index is -1.04. The van der Waals surface area contributed by atoms with Crippen molar-refractivity contribution in [1.29, 1.82) is 0 Å². The molecule has 20 heavy (non-hydrogen) atoms. The van der Waals surface area contributed by atoms with Crippen LogP contribution in [0.25, 0.3) is 0 Å². The Balaban J connectivity index is 1.91. The van der Waals surface area contributed by atoms with Crippen LogP contribution in [0, 0.1) is 0 Å². The Morgan fingerprint density at radius 2 is 1.90 bits per heavy atom.